The molecule has 1 aliphatic rings. The van der Waals surface area contributed by atoms with Crippen LogP contribution in [0.3, 0.4) is 0 Å². The molecule has 2 N–H and O–H groups in total. The third kappa shape index (κ3) is 4.92. The second-order valence-corrected chi connectivity index (χ2v) is 5.41. The number of nitrogens with zero attached hydrogens (tertiary/aromatic N) is 1. The lowest BCUT2D eigenvalue weighted by Gasteiger charge is -2.29. The van der Waals surface area contributed by atoms with Crippen molar-refractivity contribution >= 4 is 5.97 Å². The van der Waals surface area contributed by atoms with Crippen molar-refractivity contribution in [2.24, 2.45) is 5.73 Å². The molecular weight excluding hydrogens is 232 g/mol. The molecule has 0 saturated carbocycles. The van der Waals surface area contributed by atoms with Gasteiger partial charge in [-0.15, -0.1) is 0 Å². The monoisotopic (exact) mass is 258 g/mol. The number of rotatable bonds is 6. The van der Waals surface area contributed by atoms with Gasteiger partial charge in [-0.2, -0.15) is 0 Å². The molecular formula is C13H26N2O3. The first kappa shape index (κ1) is 15.4. The normalized spacial score (nSPS) is 23.7. The van der Waals surface area contributed by atoms with Gasteiger partial charge in [-0.3, -0.25) is 4.79 Å². The summed E-state index contributed by atoms with van der Waals surface area (Å²) in [5.74, 6) is -0.357. The van der Waals surface area contributed by atoms with Crippen LogP contribution in [0.5, 0.6) is 0 Å². The first-order valence-corrected chi connectivity index (χ1v) is 6.63. The number of carbonyl (C=O) groups is 1. The molecule has 106 valence electrons. The summed E-state index contributed by atoms with van der Waals surface area (Å²) in [7, 11) is 3.40. The van der Waals surface area contributed by atoms with Gasteiger partial charge < -0.3 is 20.1 Å². The van der Waals surface area contributed by atoms with Crippen molar-refractivity contribution in [3.8, 4) is 0 Å². The molecule has 5 nitrogen and oxygen atoms in total. The maximum absolute atomic E-state index is 11.4. The molecule has 0 aromatic rings. The molecule has 2 unspecified atom stereocenters. The Bertz CT molecular complexity index is 263. The summed E-state index contributed by atoms with van der Waals surface area (Å²) in [5, 5.41) is 0. The fourth-order valence-electron chi connectivity index (χ4n) is 2.15. The third-order valence-corrected chi connectivity index (χ3v) is 3.45. The minimum absolute atomic E-state index is 0.325. The molecule has 0 radical (unpaired) electrons. The molecule has 1 aliphatic heterocycles. The fourth-order valence-corrected chi connectivity index (χ4v) is 2.15. The van der Waals surface area contributed by atoms with Crippen molar-refractivity contribution in [2.45, 2.75) is 44.2 Å². The van der Waals surface area contributed by atoms with Crippen LogP contribution in [-0.2, 0) is 14.3 Å². The van der Waals surface area contributed by atoms with E-state index in [1.54, 1.807) is 6.92 Å². The van der Waals surface area contributed by atoms with Crippen LogP contribution in [0.4, 0.5) is 0 Å². The molecule has 0 bridgehead atoms. The molecule has 18 heavy (non-hydrogen) atoms. The van der Waals surface area contributed by atoms with E-state index in [-0.39, 0.29) is 5.97 Å². The van der Waals surface area contributed by atoms with E-state index in [9.17, 15) is 4.79 Å². The van der Waals surface area contributed by atoms with Crippen LogP contribution in [0.1, 0.15) is 32.6 Å². The van der Waals surface area contributed by atoms with E-state index in [2.05, 4.69) is 4.90 Å². The Kier molecular flexibility index (Phi) is 6.05. The standard InChI is InChI=1S/C13H26N2O3/c1-13(14,12(16)17-3)7-8-15(2)10-11-6-4-5-9-18-11/h11H,4-10,14H2,1-3H3. The van der Waals surface area contributed by atoms with Crippen LogP contribution in [0.25, 0.3) is 0 Å². The highest BCUT2D eigenvalue weighted by Crippen LogP contribution is 2.14. The van der Waals surface area contributed by atoms with Gasteiger partial charge in [0.05, 0.1) is 13.2 Å². The molecule has 5 heteroatoms. The van der Waals surface area contributed by atoms with E-state index in [0.29, 0.717) is 12.5 Å². The van der Waals surface area contributed by atoms with Crippen molar-refractivity contribution in [1.29, 1.82) is 0 Å². The van der Waals surface area contributed by atoms with Crippen LogP contribution in [0, 0.1) is 0 Å². The number of nitrogens with two attached hydrogens (primary N) is 1. The SMILES string of the molecule is COC(=O)C(C)(N)CCN(C)CC1CCCCO1. The maximum Gasteiger partial charge on any atom is 0.325 e. The topological polar surface area (TPSA) is 64.8 Å². The lowest BCUT2D eigenvalue weighted by Crippen LogP contribution is -2.48. The van der Waals surface area contributed by atoms with E-state index in [4.69, 9.17) is 15.2 Å². The van der Waals surface area contributed by atoms with Gasteiger partial charge >= 0.3 is 5.97 Å². The smallest absolute Gasteiger partial charge is 0.325 e. The van der Waals surface area contributed by atoms with Crippen LogP contribution in [0.2, 0.25) is 0 Å². The molecule has 0 aromatic carbocycles. The predicted molar refractivity (Wildman–Crippen MR) is 70.3 cm³/mol. The average molecular weight is 258 g/mol. The van der Waals surface area contributed by atoms with E-state index >= 15 is 0 Å². The first-order chi connectivity index (χ1) is 8.45. The Morgan fingerprint density at radius 2 is 2.28 bits per heavy atom. The van der Waals surface area contributed by atoms with Gasteiger partial charge in [-0.1, -0.05) is 0 Å². The van der Waals surface area contributed by atoms with Crippen LogP contribution in [-0.4, -0.2) is 56.4 Å². The second-order valence-electron chi connectivity index (χ2n) is 5.41. The Hall–Kier alpha value is -0.650. The Morgan fingerprint density at radius 3 is 2.83 bits per heavy atom. The molecule has 1 fully saturated rings. The van der Waals surface area contributed by atoms with Crippen molar-refractivity contribution in [3.63, 3.8) is 0 Å². The molecule has 1 heterocycles. The number of carbonyl (C=O) groups excluding carboxylic acids is 1. The fraction of sp³-hybridized carbons (Fsp3) is 0.923. The number of likely N-dealkylation sites (N-methyl/N-ethyl adjacent to an activating group) is 1. The number of esters is 1. The number of ether oxygens (including phenoxy) is 2. The summed E-state index contributed by atoms with van der Waals surface area (Å²) in [6.45, 7) is 4.25. The van der Waals surface area contributed by atoms with Crippen molar-refractivity contribution in [2.75, 3.05) is 33.9 Å². The summed E-state index contributed by atoms with van der Waals surface area (Å²) >= 11 is 0. The van der Waals surface area contributed by atoms with Gasteiger partial charge in [-0.05, 0) is 39.7 Å². The molecule has 0 aliphatic carbocycles. The van der Waals surface area contributed by atoms with E-state index in [1.165, 1.54) is 20.0 Å². The van der Waals surface area contributed by atoms with Crippen LogP contribution >= 0.6 is 0 Å². The quantitative estimate of drug-likeness (QED) is 0.713. The summed E-state index contributed by atoms with van der Waals surface area (Å²) in [4.78, 5) is 13.6. The van der Waals surface area contributed by atoms with Gasteiger partial charge in [0.1, 0.15) is 5.54 Å². The summed E-state index contributed by atoms with van der Waals surface area (Å²) in [6, 6.07) is 0. The number of hydrogen-bond acceptors (Lipinski definition) is 5. The zero-order valence-electron chi connectivity index (χ0n) is 11.8. The predicted octanol–water partition coefficient (Wildman–Crippen LogP) is 0.768. The van der Waals surface area contributed by atoms with Crippen LogP contribution in [0.15, 0.2) is 0 Å². The average Bonchev–Trinajstić information content (AvgIpc) is 2.36. The highest BCUT2D eigenvalue weighted by atomic mass is 16.5. The van der Waals surface area contributed by atoms with Crippen molar-refractivity contribution in [3.05, 3.63) is 0 Å². The zero-order valence-corrected chi connectivity index (χ0v) is 11.8. The van der Waals surface area contributed by atoms with Crippen molar-refractivity contribution in [1.82, 2.24) is 4.90 Å². The first-order valence-electron chi connectivity index (χ1n) is 6.63. The molecule has 1 rings (SSSR count). The van der Waals surface area contributed by atoms with Gasteiger partial charge in [0.15, 0.2) is 0 Å². The van der Waals surface area contributed by atoms with Gasteiger partial charge in [0.2, 0.25) is 0 Å². The Labute approximate surface area is 110 Å². The Balaban J connectivity index is 2.27. The molecule has 0 aromatic heterocycles. The summed E-state index contributed by atoms with van der Waals surface area (Å²) < 4.78 is 10.4. The lowest BCUT2D eigenvalue weighted by molar-refractivity contribution is -0.146. The minimum atomic E-state index is -0.906. The molecule has 1 saturated heterocycles. The highest BCUT2D eigenvalue weighted by Gasteiger charge is 2.29. The summed E-state index contributed by atoms with van der Waals surface area (Å²) in [5.41, 5.74) is 5.01. The summed E-state index contributed by atoms with van der Waals surface area (Å²) in [6.07, 6.45) is 4.45. The van der Waals surface area contributed by atoms with Crippen LogP contribution < -0.4 is 5.73 Å². The van der Waals surface area contributed by atoms with Gasteiger partial charge in [0.25, 0.3) is 0 Å². The van der Waals surface area contributed by atoms with E-state index in [0.717, 1.165) is 26.1 Å². The number of methoxy groups -OCH3 is 1. The molecule has 2 atom stereocenters. The maximum atomic E-state index is 11.4. The minimum Gasteiger partial charge on any atom is -0.468 e. The lowest BCUT2D eigenvalue weighted by atomic mass is 9.99. The third-order valence-electron chi connectivity index (χ3n) is 3.45. The highest BCUT2D eigenvalue weighted by molar-refractivity contribution is 5.79. The van der Waals surface area contributed by atoms with E-state index < -0.39 is 5.54 Å². The Morgan fingerprint density at radius 1 is 1.56 bits per heavy atom. The molecule has 0 amide bonds. The van der Waals surface area contributed by atoms with Crippen molar-refractivity contribution < 1.29 is 14.3 Å². The number of hydrogen-bond donors (Lipinski definition) is 1. The van der Waals surface area contributed by atoms with Gasteiger partial charge in [-0.25, -0.2) is 0 Å². The van der Waals surface area contributed by atoms with E-state index in [1.807, 2.05) is 7.05 Å². The van der Waals surface area contributed by atoms with Gasteiger partial charge in [0, 0.05) is 19.7 Å². The molecule has 0 spiro atoms. The zero-order chi connectivity index (χ0) is 13.6. The second kappa shape index (κ2) is 7.07. The largest absolute Gasteiger partial charge is 0.468 e.